The minimum Gasteiger partial charge on any atom is -0.481 e. The lowest BCUT2D eigenvalue weighted by atomic mass is 10.1. The SMILES string of the molecule is CC(CCCC(=O)O)NC(=O)NN1CCCCC1. The average molecular weight is 257 g/mol. The van der Waals surface area contributed by atoms with Crippen molar-refractivity contribution in [2.75, 3.05) is 13.1 Å². The van der Waals surface area contributed by atoms with Crippen LogP contribution in [0, 0.1) is 0 Å². The number of rotatable bonds is 6. The molecule has 0 aromatic heterocycles. The maximum Gasteiger partial charge on any atom is 0.329 e. The van der Waals surface area contributed by atoms with Crippen LogP contribution in [-0.4, -0.2) is 41.2 Å². The van der Waals surface area contributed by atoms with Gasteiger partial charge in [-0.25, -0.2) is 9.80 Å². The number of urea groups is 1. The molecule has 104 valence electrons. The lowest BCUT2D eigenvalue weighted by Crippen LogP contribution is -2.51. The fraction of sp³-hybridized carbons (Fsp3) is 0.833. The molecule has 2 amide bonds. The van der Waals surface area contributed by atoms with Crippen molar-refractivity contribution in [1.29, 1.82) is 0 Å². The van der Waals surface area contributed by atoms with Crippen LogP contribution in [0.4, 0.5) is 4.79 Å². The third-order valence-corrected chi connectivity index (χ3v) is 3.02. The number of nitrogens with zero attached hydrogens (tertiary/aromatic N) is 1. The van der Waals surface area contributed by atoms with Gasteiger partial charge in [0.25, 0.3) is 0 Å². The predicted octanol–water partition coefficient (Wildman–Crippen LogP) is 1.33. The summed E-state index contributed by atoms with van der Waals surface area (Å²) in [6.45, 7) is 3.69. The number of hydrogen-bond acceptors (Lipinski definition) is 3. The molecule has 6 nitrogen and oxygen atoms in total. The first-order valence-electron chi connectivity index (χ1n) is 6.62. The topological polar surface area (TPSA) is 81.7 Å². The molecule has 0 bridgehead atoms. The maximum atomic E-state index is 11.6. The number of carbonyl (C=O) groups is 2. The molecule has 1 unspecified atom stereocenters. The quantitative estimate of drug-likeness (QED) is 0.670. The van der Waals surface area contributed by atoms with E-state index < -0.39 is 5.97 Å². The summed E-state index contributed by atoms with van der Waals surface area (Å²) in [7, 11) is 0. The molecule has 1 heterocycles. The summed E-state index contributed by atoms with van der Waals surface area (Å²) >= 11 is 0. The molecule has 1 fully saturated rings. The molecule has 0 spiro atoms. The van der Waals surface area contributed by atoms with Gasteiger partial charge in [0.2, 0.25) is 0 Å². The Labute approximate surface area is 108 Å². The normalized spacial score (nSPS) is 18.1. The molecule has 6 heteroatoms. The molecular formula is C12H23N3O3. The van der Waals surface area contributed by atoms with Crippen molar-refractivity contribution in [2.24, 2.45) is 0 Å². The third kappa shape index (κ3) is 6.44. The Bertz CT molecular complexity index is 278. The van der Waals surface area contributed by atoms with Crippen LogP contribution in [0.2, 0.25) is 0 Å². The zero-order chi connectivity index (χ0) is 13.4. The van der Waals surface area contributed by atoms with E-state index in [0.717, 1.165) is 25.9 Å². The third-order valence-electron chi connectivity index (χ3n) is 3.02. The molecule has 1 rings (SSSR count). The molecule has 3 N–H and O–H groups in total. The second-order valence-corrected chi connectivity index (χ2v) is 4.82. The number of aliphatic carboxylic acids is 1. The predicted molar refractivity (Wildman–Crippen MR) is 68.0 cm³/mol. The molecule has 0 radical (unpaired) electrons. The van der Waals surface area contributed by atoms with E-state index in [1.54, 1.807) is 0 Å². The number of hydrogen-bond donors (Lipinski definition) is 3. The van der Waals surface area contributed by atoms with Crippen LogP contribution in [0.1, 0.15) is 45.4 Å². The number of hydrazine groups is 1. The number of carboxylic acid groups (broad SMARTS) is 1. The van der Waals surface area contributed by atoms with E-state index in [0.29, 0.717) is 12.8 Å². The molecule has 0 aliphatic carbocycles. The van der Waals surface area contributed by atoms with Gasteiger partial charge in [-0.2, -0.15) is 0 Å². The molecule has 1 aliphatic heterocycles. The van der Waals surface area contributed by atoms with Crippen LogP contribution in [-0.2, 0) is 4.79 Å². The lowest BCUT2D eigenvalue weighted by Gasteiger charge is -2.27. The molecule has 0 aromatic carbocycles. The summed E-state index contributed by atoms with van der Waals surface area (Å²) < 4.78 is 0. The minimum atomic E-state index is -0.792. The highest BCUT2D eigenvalue weighted by Crippen LogP contribution is 2.06. The van der Waals surface area contributed by atoms with Crippen molar-refractivity contribution in [3.8, 4) is 0 Å². The van der Waals surface area contributed by atoms with Crippen molar-refractivity contribution in [3.05, 3.63) is 0 Å². The van der Waals surface area contributed by atoms with Gasteiger partial charge in [-0.15, -0.1) is 0 Å². The van der Waals surface area contributed by atoms with Crippen LogP contribution in [0.3, 0.4) is 0 Å². The maximum absolute atomic E-state index is 11.6. The summed E-state index contributed by atoms with van der Waals surface area (Å²) in [4.78, 5) is 22.0. The highest BCUT2D eigenvalue weighted by atomic mass is 16.4. The van der Waals surface area contributed by atoms with Crippen LogP contribution in [0.25, 0.3) is 0 Å². The fourth-order valence-corrected chi connectivity index (χ4v) is 2.04. The fourth-order valence-electron chi connectivity index (χ4n) is 2.04. The number of nitrogens with one attached hydrogen (secondary N) is 2. The Morgan fingerprint density at radius 2 is 1.94 bits per heavy atom. The number of piperidine rings is 1. The van der Waals surface area contributed by atoms with Crippen LogP contribution in [0.15, 0.2) is 0 Å². The van der Waals surface area contributed by atoms with Crippen molar-refractivity contribution in [2.45, 2.75) is 51.5 Å². The number of carbonyl (C=O) groups excluding carboxylic acids is 1. The largest absolute Gasteiger partial charge is 0.481 e. The molecule has 0 aromatic rings. The Morgan fingerprint density at radius 1 is 1.28 bits per heavy atom. The van der Waals surface area contributed by atoms with Gasteiger partial charge in [0.1, 0.15) is 0 Å². The molecule has 0 saturated carbocycles. The van der Waals surface area contributed by atoms with Crippen molar-refractivity contribution in [1.82, 2.24) is 15.8 Å². The summed E-state index contributed by atoms with van der Waals surface area (Å²) in [5.41, 5.74) is 2.82. The Morgan fingerprint density at radius 3 is 2.56 bits per heavy atom. The van der Waals surface area contributed by atoms with Gasteiger partial charge >= 0.3 is 12.0 Å². The molecular weight excluding hydrogens is 234 g/mol. The van der Waals surface area contributed by atoms with Crippen molar-refractivity contribution >= 4 is 12.0 Å². The first kappa shape index (κ1) is 14.8. The molecule has 1 atom stereocenters. The highest BCUT2D eigenvalue weighted by Gasteiger charge is 2.14. The Kier molecular flexibility index (Phi) is 6.49. The standard InChI is InChI=1S/C12H23N3O3/c1-10(6-5-7-11(16)17)13-12(18)14-15-8-3-2-4-9-15/h10H,2-9H2,1H3,(H,16,17)(H2,13,14,18). The van der Waals surface area contributed by atoms with Gasteiger partial charge in [-0.1, -0.05) is 6.42 Å². The van der Waals surface area contributed by atoms with Gasteiger partial charge in [0, 0.05) is 25.6 Å². The second kappa shape index (κ2) is 7.92. The minimum absolute atomic E-state index is 0.00543. The number of amides is 2. The Balaban J connectivity index is 2.12. The zero-order valence-corrected chi connectivity index (χ0v) is 10.9. The highest BCUT2D eigenvalue weighted by molar-refractivity contribution is 5.73. The second-order valence-electron chi connectivity index (χ2n) is 4.82. The van der Waals surface area contributed by atoms with Gasteiger partial charge in [-0.3, -0.25) is 10.2 Å². The first-order chi connectivity index (χ1) is 8.58. The molecule has 1 aliphatic rings. The smallest absolute Gasteiger partial charge is 0.329 e. The summed E-state index contributed by atoms with van der Waals surface area (Å²) in [5.74, 6) is -0.792. The average Bonchev–Trinajstić information content (AvgIpc) is 2.29. The summed E-state index contributed by atoms with van der Waals surface area (Å²) in [6, 6.07) is -0.200. The lowest BCUT2D eigenvalue weighted by molar-refractivity contribution is -0.137. The van der Waals surface area contributed by atoms with E-state index in [4.69, 9.17) is 5.11 Å². The van der Waals surface area contributed by atoms with Gasteiger partial charge < -0.3 is 10.4 Å². The van der Waals surface area contributed by atoms with Gasteiger partial charge in [-0.05, 0) is 32.6 Å². The van der Waals surface area contributed by atoms with Crippen LogP contribution in [0.5, 0.6) is 0 Å². The van der Waals surface area contributed by atoms with E-state index in [-0.39, 0.29) is 18.5 Å². The monoisotopic (exact) mass is 257 g/mol. The van der Waals surface area contributed by atoms with E-state index in [1.165, 1.54) is 6.42 Å². The number of carboxylic acids is 1. The van der Waals surface area contributed by atoms with Crippen LogP contribution >= 0.6 is 0 Å². The zero-order valence-electron chi connectivity index (χ0n) is 10.9. The van der Waals surface area contributed by atoms with Gasteiger partial charge in [0.05, 0.1) is 0 Å². The van der Waals surface area contributed by atoms with Crippen LogP contribution < -0.4 is 10.7 Å². The van der Waals surface area contributed by atoms with Crippen molar-refractivity contribution < 1.29 is 14.7 Å². The summed E-state index contributed by atoms with van der Waals surface area (Å²) in [5, 5.41) is 13.3. The first-order valence-corrected chi connectivity index (χ1v) is 6.62. The van der Waals surface area contributed by atoms with E-state index in [9.17, 15) is 9.59 Å². The molecule has 1 saturated heterocycles. The summed E-state index contributed by atoms with van der Waals surface area (Å²) in [6.07, 6.45) is 4.88. The van der Waals surface area contributed by atoms with Gasteiger partial charge in [0.15, 0.2) is 0 Å². The van der Waals surface area contributed by atoms with Crippen molar-refractivity contribution in [3.63, 3.8) is 0 Å². The van der Waals surface area contributed by atoms with E-state index in [2.05, 4.69) is 10.7 Å². The Hall–Kier alpha value is -1.30. The van der Waals surface area contributed by atoms with E-state index in [1.807, 2.05) is 11.9 Å². The van der Waals surface area contributed by atoms with E-state index >= 15 is 0 Å². The molecule has 18 heavy (non-hydrogen) atoms.